The largest absolute Gasteiger partial charge is 0.480 e. The molecule has 23 heavy (non-hydrogen) atoms. The minimum Gasteiger partial charge on any atom is -0.480 e. The molecule has 0 saturated heterocycles. The molecule has 0 bridgehead atoms. The number of aliphatic carboxylic acids is 1. The van der Waals surface area contributed by atoms with Crippen molar-refractivity contribution in [1.82, 2.24) is 9.55 Å². The first-order valence-electron chi connectivity index (χ1n) is 6.95. The monoisotopic (exact) mass is 328 g/mol. The summed E-state index contributed by atoms with van der Waals surface area (Å²) in [5.41, 5.74) is 2.39. The lowest BCUT2D eigenvalue weighted by Crippen LogP contribution is -2.10. The zero-order chi connectivity index (χ0) is 16.6. The summed E-state index contributed by atoms with van der Waals surface area (Å²) in [5.74, 6) is -0.582. The number of aromatic nitrogens is 2. The van der Waals surface area contributed by atoms with Crippen molar-refractivity contribution in [2.45, 2.75) is 13.5 Å². The zero-order valence-electron chi connectivity index (χ0n) is 12.3. The second-order valence-corrected chi connectivity index (χ2v) is 5.56. The van der Waals surface area contributed by atoms with E-state index < -0.39 is 5.97 Å². The lowest BCUT2D eigenvalue weighted by atomic mass is 10.1. The maximum Gasteiger partial charge on any atom is 0.323 e. The van der Waals surface area contributed by atoms with E-state index in [-0.39, 0.29) is 12.3 Å². The van der Waals surface area contributed by atoms with Crippen LogP contribution in [-0.4, -0.2) is 26.4 Å². The number of carboxylic acid groups (broad SMARTS) is 1. The van der Waals surface area contributed by atoms with Crippen molar-refractivity contribution < 1.29 is 14.7 Å². The van der Waals surface area contributed by atoms with Gasteiger partial charge in [0.25, 0.3) is 0 Å². The number of imidazole rings is 1. The highest BCUT2D eigenvalue weighted by Gasteiger charge is 2.17. The Morgan fingerprint density at radius 3 is 2.61 bits per heavy atom. The van der Waals surface area contributed by atoms with Gasteiger partial charge in [-0.25, -0.2) is 4.98 Å². The SMILES string of the molecule is CC(=O)c1ccc2c(c1)nc(-c1ccccc1Cl)n2CC(=O)O. The third-order valence-electron chi connectivity index (χ3n) is 3.56. The molecular formula is C17H13ClN2O3. The highest BCUT2D eigenvalue weighted by atomic mass is 35.5. The van der Waals surface area contributed by atoms with E-state index in [1.165, 1.54) is 6.92 Å². The number of fused-ring (bicyclic) bond motifs is 1. The van der Waals surface area contributed by atoms with Gasteiger partial charge in [-0.2, -0.15) is 0 Å². The average molecular weight is 329 g/mol. The first-order chi connectivity index (χ1) is 11.0. The van der Waals surface area contributed by atoms with Gasteiger partial charge in [0.05, 0.1) is 16.1 Å². The number of halogens is 1. The molecule has 0 aliphatic rings. The van der Waals surface area contributed by atoms with Gasteiger partial charge in [-0.1, -0.05) is 23.7 Å². The number of rotatable bonds is 4. The molecule has 0 aliphatic heterocycles. The molecule has 6 heteroatoms. The molecule has 0 amide bonds. The number of nitrogens with zero attached hydrogens (tertiary/aromatic N) is 2. The van der Waals surface area contributed by atoms with Crippen LogP contribution in [0.2, 0.25) is 5.02 Å². The summed E-state index contributed by atoms with van der Waals surface area (Å²) in [7, 11) is 0. The van der Waals surface area contributed by atoms with Gasteiger partial charge in [-0.3, -0.25) is 9.59 Å². The molecule has 0 saturated carbocycles. The Bertz CT molecular complexity index is 931. The van der Waals surface area contributed by atoms with E-state index >= 15 is 0 Å². The highest BCUT2D eigenvalue weighted by Crippen LogP contribution is 2.30. The molecule has 0 radical (unpaired) electrons. The summed E-state index contributed by atoms with van der Waals surface area (Å²) >= 11 is 6.22. The van der Waals surface area contributed by atoms with Gasteiger partial charge in [0.1, 0.15) is 12.4 Å². The molecule has 2 aromatic carbocycles. The summed E-state index contributed by atoms with van der Waals surface area (Å²) in [6, 6.07) is 12.2. The highest BCUT2D eigenvalue weighted by molar-refractivity contribution is 6.33. The molecule has 1 heterocycles. The molecule has 0 spiro atoms. The second kappa shape index (κ2) is 5.85. The van der Waals surface area contributed by atoms with Gasteiger partial charge in [0.2, 0.25) is 0 Å². The molecule has 0 fully saturated rings. The van der Waals surface area contributed by atoms with Crippen LogP contribution in [0, 0.1) is 0 Å². The predicted octanol–water partition coefficient (Wildman–Crippen LogP) is 3.64. The summed E-state index contributed by atoms with van der Waals surface area (Å²) in [5, 5.41) is 9.68. The summed E-state index contributed by atoms with van der Waals surface area (Å²) in [6.45, 7) is 1.24. The summed E-state index contributed by atoms with van der Waals surface area (Å²) < 4.78 is 1.59. The van der Waals surface area contributed by atoms with Crippen molar-refractivity contribution in [3.63, 3.8) is 0 Å². The van der Waals surface area contributed by atoms with Crippen LogP contribution >= 0.6 is 11.6 Å². The normalized spacial score (nSPS) is 10.9. The van der Waals surface area contributed by atoms with Crippen LogP contribution in [0.25, 0.3) is 22.4 Å². The standard InChI is InChI=1S/C17H13ClN2O3/c1-10(21)11-6-7-15-14(8-11)19-17(20(15)9-16(22)23)12-4-2-3-5-13(12)18/h2-8H,9H2,1H3,(H,22,23). The topological polar surface area (TPSA) is 72.2 Å². The van der Waals surface area contributed by atoms with Crippen molar-refractivity contribution in [2.24, 2.45) is 0 Å². The summed E-state index contributed by atoms with van der Waals surface area (Å²) in [6.07, 6.45) is 0. The second-order valence-electron chi connectivity index (χ2n) is 5.15. The molecule has 3 aromatic rings. The van der Waals surface area contributed by atoms with Gasteiger partial charge in [0, 0.05) is 11.1 Å². The van der Waals surface area contributed by atoms with E-state index in [1.54, 1.807) is 41.0 Å². The third kappa shape index (κ3) is 2.83. The van der Waals surface area contributed by atoms with Crippen LogP contribution in [0.3, 0.4) is 0 Å². The Balaban J connectivity index is 2.29. The van der Waals surface area contributed by atoms with E-state index in [1.807, 2.05) is 6.07 Å². The van der Waals surface area contributed by atoms with Crippen molar-refractivity contribution in [3.05, 3.63) is 53.1 Å². The molecule has 0 aliphatic carbocycles. The van der Waals surface area contributed by atoms with Crippen molar-refractivity contribution in [1.29, 1.82) is 0 Å². The molecular weight excluding hydrogens is 316 g/mol. The van der Waals surface area contributed by atoms with E-state index in [4.69, 9.17) is 11.6 Å². The molecule has 0 unspecified atom stereocenters. The third-order valence-corrected chi connectivity index (χ3v) is 3.89. The number of carbonyl (C=O) groups is 2. The van der Waals surface area contributed by atoms with E-state index in [0.717, 1.165) is 0 Å². The Morgan fingerprint density at radius 2 is 1.96 bits per heavy atom. The Labute approximate surface area is 137 Å². The average Bonchev–Trinajstić information content (AvgIpc) is 2.85. The molecule has 3 rings (SSSR count). The Kier molecular flexibility index (Phi) is 3.88. The number of hydrogen-bond acceptors (Lipinski definition) is 3. The molecule has 1 aromatic heterocycles. The van der Waals surface area contributed by atoms with Crippen LogP contribution in [0.5, 0.6) is 0 Å². The number of benzene rings is 2. The first kappa shape index (κ1) is 15.2. The predicted molar refractivity (Wildman–Crippen MR) is 87.8 cm³/mol. The maximum absolute atomic E-state index is 11.5. The number of ketones is 1. The fraction of sp³-hybridized carbons (Fsp3) is 0.118. The molecule has 5 nitrogen and oxygen atoms in total. The van der Waals surface area contributed by atoms with Crippen molar-refractivity contribution in [3.8, 4) is 11.4 Å². The first-order valence-corrected chi connectivity index (χ1v) is 7.33. The fourth-order valence-corrected chi connectivity index (χ4v) is 2.71. The Hall–Kier alpha value is -2.66. The van der Waals surface area contributed by atoms with E-state index in [9.17, 15) is 14.7 Å². The Morgan fingerprint density at radius 1 is 1.22 bits per heavy atom. The lowest BCUT2D eigenvalue weighted by molar-refractivity contribution is -0.137. The minimum absolute atomic E-state index is 0.0704. The molecule has 1 N–H and O–H groups in total. The lowest BCUT2D eigenvalue weighted by Gasteiger charge is -2.07. The van der Waals surface area contributed by atoms with Gasteiger partial charge in [-0.05, 0) is 37.3 Å². The quantitative estimate of drug-likeness (QED) is 0.742. The van der Waals surface area contributed by atoms with Crippen LogP contribution in [0.1, 0.15) is 17.3 Å². The van der Waals surface area contributed by atoms with Crippen molar-refractivity contribution in [2.75, 3.05) is 0 Å². The smallest absolute Gasteiger partial charge is 0.323 e. The van der Waals surface area contributed by atoms with Crippen LogP contribution < -0.4 is 0 Å². The number of carboxylic acids is 1. The maximum atomic E-state index is 11.5. The number of carbonyl (C=O) groups excluding carboxylic acids is 1. The molecule has 0 atom stereocenters. The minimum atomic E-state index is -0.978. The number of hydrogen-bond donors (Lipinski definition) is 1. The van der Waals surface area contributed by atoms with E-state index in [0.29, 0.717) is 33.0 Å². The van der Waals surface area contributed by atoms with Crippen LogP contribution in [-0.2, 0) is 11.3 Å². The molecule has 116 valence electrons. The fourth-order valence-electron chi connectivity index (χ4n) is 2.49. The van der Waals surface area contributed by atoms with E-state index in [2.05, 4.69) is 4.98 Å². The number of Topliss-reactive ketones (excluding diaryl/α,β-unsaturated/α-hetero) is 1. The van der Waals surface area contributed by atoms with Gasteiger partial charge >= 0.3 is 5.97 Å². The summed E-state index contributed by atoms with van der Waals surface area (Å²) in [4.78, 5) is 27.3. The van der Waals surface area contributed by atoms with Crippen LogP contribution in [0.4, 0.5) is 0 Å². The van der Waals surface area contributed by atoms with Gasteiger partial charge < -0.3 is 9.67 Å². The van der Waals surface area contributed by atoms with Gasteiger partial charge in [0.15, 0.2) is 5.78 Å². The zero-order valence-corrected chi connectivity index (χ0v) is 13.0. The van der Waals surface area contributed by atoms with Crippen LogP contribution in [0.15, 0.2) is 42.5 Å². The van der Waals surface area contributed by atoms with Crippen molar-refractivity contribution >= 4 is 34.4 Å². The van der Waals surface area contributed by atoms with Gasteiger partial charge in [-0.15, -0.1) is 0 Å².